The molecule has 0 saturated carbocycles. The zero-order valence-corrected chi connectivity index (χ0v) is 15.6. The standard InChI is InChI=1S/C20H25N3O3/c1-13-11-18(22-14-5-7-15(25-3)8-6-14)17-12-16(26-4)9-10-19(17)23(13)20(24)21-2/h5-10,12-13,18,22H,11H2,1-4H3,(H,21,24). The lowest BCUT2D eigenvalue weighted by molar-refractivity contribution is 0.245. The van der Waals surface area contributed by atoms with Crippen molar-refractivity contribution in [1.82, 2.24) is 5.32 Å². The molecule has 2 aromatic carbocycles. The van der Waals surface area contributed by atoms with Gasteiger partial charge >= 0.3 is 6.03 Å². The van der Waals surface area contributed by atoms with Crippen LogP contribution in [0.25, 0.3) is 0 Å². The number of fused-ring (bicyclic) bond motifs is 1. The van der Waals surface area contributed by atoms with E-state index in [0.29, 0.717) is 0 Å². The molecule has 2 unspecified atom stereocenters. The van der Waals surface area contributed by atoms with E-state index in [1.54, 1.807) is 26.2 Å². The van der Waals surface area contributed by atoms with Crippen LogP contribution in [0.4, 0.5) is 16.2 Å². The number of rotatable bonds is 4. The van der Waals surface area contributed by atoms with E-state index >= 15 is 0 Å². The summed E-state index contributed by atoms with van der Waals surface area (Å²) in [6, 6.07) is 13.7. The van der Waals surface area contributed by atoms with E-state index in [0.717, 1.165) is 34.9 Å². The van der Waals surface area contributed by atoms with Crippen LogP contribution in [0.3, 0.4) is 0 Å². The number of carbonyl (C=O) groups is 1. The van der Waals surface area contributed by atoms with Crippen LogP contribution in [0.1, 0.15) is 24.9 Å². The first-order chi connectivity index (χ1) is 12.6. The number of benzene rings is 2. The summed E-state index contributed by atoms with van der Waals surface area (Å²) in [7, 11) is 4.96. The summed E-state index contributed by atoms with van der Waals surface area (Å²) in [5.74, 6) is 1.59. The lowest BCUT2D eigenvalue weighted by Gasteiger charge is -2.39. The van der Waals surface area contributed by atoms with E-state index in [2.05, 4.69) is 17.6 Å². The van der Waals surface area contributed by atoms with Crippen molar-refractivity contribution in [2.75, 3.05) is 31.5 Å². The Kier molecular flexibility index (Phi) is 5.21. The van der Waals surface area contributed by atoms with E-state index in [1.165, 1.54) is 0 Å². The number of urea groups is 1. The predicted octanol–water partition coefficient (Wildman–Crippen LogP) is 3.80. The molecule has 1 aliphatic rings. The third-order valence-electron chi connectivity index (χ3n) is 4.75. The van der Waals surface area contributed by atoms with Crippen molar-refractivity contribution in [3.05, 3.63) is 48.0 Å². The highest BCUT2D eigenvalue weighted by Gasteiger charge is 2.33. The average molecular weight is 355 g/mol. The van der Waals surface area contributed by atoms with Crippen LogP contribution in [0.5, 0.6) is 11.5 Å². The Bertz CT molecular complexity index is 776. The maximum Gasteiger partial charge on any atom is 0.321 e. The molecule has 0 saturated heterocycles. The average Bonchev–Trinajstić information content (AvgIpc) is 2.68. The van der Waals surface area contributed by atoms with Crippen LogP contribution in [0, 0.1) is 0 Å². The van der Waals surface area contributed by atoms with Crippen molar-refractivity contribution < 1.29 is 14.3 Å². The van der Waals surface area contributed by atoms with Gasteiger partial charge in [0.2, 0.25) is 0 Å². The number of nitrogens with zero attached hydrogens (tertiary/aromatic N) is 1. The molecule has 6 heteroatoms. The summed E-state index contributed by atoms with van der Waals surface area (Å²) in [6.07, 6.45) is 0.791. The lowest BCUT2D eigenvalue weighted by Crippen LogP contribution is -2.48. The summed E-state index contributed by atoms with van der Waals surface area (Å²) in [5, 5.41) is 6.31. The molecule has 26 heavy (non-hydrogen) atoms. The summed E-state index contributed by atoms with van der Waals surface area (Å²) in [4.78, 5) is 14.2. The quantitative estimate of drug-likeness (QED) is 0.876. The lowest BCUT2D eigenvalue weighted by atomic mass is 9.91. The van der Waals surface area contributed by atoms with Gasteiger partial charge in [0.15, 0.2) is 0 Å². The number of carbonyl (C=O) groups excluding carboxylic acids is 1. The van der Waals surface area contributed by atoms with Gasteiger partial charge in [-0.1, -0.05) is 0 Å². The minimum atomic E-state index is -0.105. The molecule has 0 radical (unpaired) electrons. The first-order valence-corrected chi connectivity index (χ1v) is 8.66. The maximum atomic E-state index is 12.4. The molecule has 1 heterocycles. The molecule has 0 aromatic heterocycles. The Balaban J connectivity index is 1.96. The van der Waals surface area contributed by atoms with Gasteiger partial charge in [0, 0.05) is 24.3 Å². The number of nitrogens with one attached hydrogen (secondary N) is 2. The zero-order valence-electron chi connectivity index (χ0n) is 15.6. The first kappa shape index (κ1) is 17.9. The molecule has 0 fully saturated rings. The van der Waals surface area contributed by atoms with Gasteiger partial charge in [-0.25, -0.2) is 4.79 Å². The molecular formula is C20H25N3O3. The van der Waals surface area contributed by atoms with Crippen LogP contribution >= 0.6 is 0 Å². The molecule has 0 aliphatic carbocycles. The molecule has 0 bridgehead atoms. The van der Waals surface area contributed by atoms with Gasteiger partial charge in [-0.3, -0.25) is 4.90 Å². The molecule has 138 valence electrons. The molecule has 2 aromatic rings. The maximum absolute atomic E-state index is 12.4. The fourth-order valence-electron chi connectivity index (χ4n) is 3.42. The van der Waals surface area contributed by atoms with E-state index in [9.17, 15) is 4.79 Å². The van der Waals surface area contributed by atoms with Crippen LogP contribution in [-0.4, -0.2) is 33.3 Å². The number of hydrogen-bond donors (Lipinski definition) is 2. The van der Waals surface area contributed by atoms with Crippen LogP contribution in [-0.2, 0) is 0 Å². The van der Waals surface area contributed by atoms with Gasteiger partial charge in [0.25, 0.3) is 0 Å². The second kappa shape index (κ2) is 7.56. The molecule has 3 rings (SSSR count). The highest BCUT2D eigenvalue weighted by atomic mass is 16.5. The van der Waals surface area contributed by atoms with Crippen molar-refractivity contribution in [3.8, 4) is 11.5 Å². The molecule has 2 N–H and O–H groups in total. The van der Waals surface area contributed by atoms with E-state index in [4.69, 9.17) is 9.47 Å². The van der Waals surface area contributed by atoms with Gasteiger partial charge < -0.3 is 20.1 Å². The molecule has 0 spiro atoms. The van der Waals surface area contributed by atoms with Gasteiger partial charge in [-0.05, 0) is 55.8 Å². The smallest absolute Gasteiger partial charge is 0.321 e. The van der Waals surface area contributed by atoms with Crippen molar-refractivity contribution in [2.45, 2.75) is 25.4 Å². The van der Waals surface area contributed by atoms with Crippen LogP contribution < -0.4 is 25.0 Å². The van der Waals surface area contributed by atoms with E-state index in [1.807, 2.05) is 42.5 Å². The van der Waals surface area contributed by atoms with Crippen LogP contribution in [0.2, 0.25) is 0 Å². The highest BCUT2D eigenvalue weighted by molar-refractivity contribution is 5.94. The van der Waals surface area contributed by atoms with Crippen molar-refractivity contribution in [1.29, 1.82) is 0 Å². The first-order valence-electron chi connectivity index (χ1n) is 8.66. The molecule has 2 atom stereocenters. The van der Waals surface area contributed by atoms with Gasteiger partial charge in [0.1, 0.15) is 11.5 Å². The van der Waals surface area contributed by atoms with E-state index < -0.39 is 0 Å². The third kappa shape index (κ3) is 3.40. The van der Waals surface area contributed by atoms with E-state index in [-0.39, 0.29) is 18.1 Å². The largest absolute Gasteiger partial charge is 0.497 e. The molecule has 2 amide bonds. The summed E-state index contributed by atoms with van der Waals surface area (Å²) < 4.78 is 10.6. The Morgan fingerprint density at radius 1 is 1.08 bits per heavy atom. The molecule has 6 nitrogen and oxygen atoms in total. The third-order valence-corrected chi connectivity index (χ3v) is 4.75. The fourth-order valence-corrected chi connectivity index (χ4v) is 3.42. The molecule has 1 aliphatic heterocycles. The highest BCUT2D eigenvalue weighted by Crippen LogP contribution is 2.40. The summed E-state index contributed by atoms with van der Waals surface area (Å²) in [6.45, 7) is 2.06. The Morgan fingerprint density at radius 3 is 2.35 bits per heavy atom. The van der Waals surface area contributed by atoms with Crippen LogP contribution in [0.15, 0.2) is 42.5 Å². The minimum Gasteiger partial charge on any atom is -0.497 e. The number of anilines is 2. The SMILES string of the molecule is CNC(=O)N1c2ccc(OC)cc2C(Nc2ccc(OC)cc2)CC1C. The number of ether oxygens (including phenoxy) is 2. The zero-order chi connectivity index (χ0) is 18.7. The van der Waals surface area contributed by atoms with Gasteiger partial charge in [-0.15, -0.1) is 0 Å². The Morgan fingerprint density at radius 2 is 1.73 bits per heavy atom. The second-order valence-corrected chi connectivity index (χ2v) is 6.36. The topological polar surface area (TPSA) is 62.8 Å². The normalized spacial score (nSPS) is 18.7. The van der Waals surface area contributed by atoms with Crippen molar-refractivity contribution >= 4 is 17.4 Å². The van der Waals surface area contributed by atoms with Crippen molar-refractivity contribution in [2.24, 2.45) is 0 Å². The Labute approximate surface area is 154 Å². The second-order valence-electron chi connectivity index (χ2n) is 6.36. The number of hydrogen-bond acceptors (Lipinski definition) is 4. The molecular weight excluding hydrogens is 330 g/mol. The minimum absolute atomic E-state index is 0.0617. The predicted molar refractivity (Wildman–Crippen MR) is 103 cm³/mol. The fraction of sp³-hybridized carbons (Fsp3) is 0.350. The van der Waals surface area contributed by atoms with Gasteiger partial charge in [-0.2, -0.15) is 0 Å². The van der Waals surface area contributed by atoms with Gasteiger partial charge in [0.05, 0.1) is 25.9 Å². The number of amides is 2. The number of methoxy groups -OCH3 is 2. The Hall–Kier alpha value is -2.89. The summed E-state index contributed by atoms with van der Waals surface area (Å²) in [5.41, 5.74) is 2.95. The monoisotopic (exact) mass is 355 g/mol. The van der Waals surface area contributed by atoms with Crippen molar-refractivity contribution in [3.63, 3.8) is 0 Å². The summed E-state index contributed by atoms with van der Waals surface area (Å²) >= 11 is 0.